The highest BCUT2D eigenvalue weighted by Gasteiger charge is 2.18. The Kier molecular flexibility index (Phi) is 9.68. The Labute approximate surface area is 172 Å². The van der Waals surface area contributed by atoms with Gasteiger partial charge in [0.15, 0.2) is 5.96 Å². The second-order valence-corrected chi connectivity index (χ2v) is 9.47. The van der Waals surface area contributed by atoms with Crippen LogP contribution in [0, 0.1) is 13.8 Å². The topological polar surface area (TPSA) is 96.6 Å². The van der Waals surface area contributed by atoms with Crippen LogP contribution in [0.25, 0.3) is 0 Å². The summed E-state index contributed by atoms with van der Waals surface area (Å²) in [4.78, 5) is 6.38. The van der Waals surface area contributed by atoms with Crippen LogP contribution in [0.1, 0.15) is 48.3 Å². The average Bonchev–Trinajstić information content (AvgIpc) is 2.72. The number of guanidine groups is 1. The fraction of sp³-hybridized carbons (Fsp3) is 0.688. The Balaban J connectivity index is 0.00000312. The number of sulfonamides is 1. The molecular formula is C16H29IN4O2S2. The number of thiophene rings is 1. The van der Waals surface area contributed by atoms with Crippen molar-refractivity contribution in [3.8, 4) is 0 Å². The summed E-state index contributed by atoms with van der Waals surface area (Å²) < 4.78 is 27.1. The van der Waals surface area contributed by atoms with Crippen molar-refractivity contribution in [2.45, 2.75) is 63.3 Å². The van der Waals surface area contributed by atoms with E-state index in [0.29, 0.717) is 23.4 Å². The van der Waals surface area contributed by atoms with Gasteiger partial charge in [0.2, 0.25) is 10.0 Å². The van der Waals surface area contributed by atoms with Gasteiger partial charge in [0.1, 0.15) is 0 Å². The maximum absolute atomic E-state index is 12.3. The van der Waals surface area contributed by atoms with Crippen LogP contribution in [0.4, 0.5) is 0 Å². The monoisotopic (exact) mass is 500 g/mol. The van der Waals surface area contributed by atoms with Gasteiger partial charge in [-0.25, -0.2) is 13.1 Å². The second-order valence-electron chi connectivity index (χ2n) is 6.28. The van der Waals surface area contributed by atoms with Crippen molar-refractivity contribution in [2.75, 3.05) is 13.1 Å². The van der Waals surface area contributed by atoms with Gasteiger partial charge in [-0.05, 0) is 32.8 Å². The van der Waals surface area contributed by atoms with Crippen LogP contribution in [0.15, 0.2) is 16.0 Å². The van der Waals surface area contributed by atoms with Crippen molar-refractivity contribution in [1.82, 2.24) is 10.0 Å². The van der Waals surface area contributed by atoms with Gasteiger partial charge < -0.3 is 11.1 Å². The van der Waals surface area contributed by atoms with Crippen LogP contribution in [-0.2, 0) is 10.0 Å². The molecule has 9 heteroatoms. The number of aliphatic imine (C=N–C) groups is 1. The first-order chi connectivity index (χ1) is 11.4. The molecule has 0 amide bonds. The SMILES string of the molecule is Cc1cc(S(=O)(=O)NCCN=C(N)NC2CCCCCC2)c(C)s1.I. The summed E-state index contributed by atoms with van der Waals surface area (Å²) in [7, 11) is -3.47. The molecule has 1 aromatic heterocycles. The number of hydrogen-bond donors (Lipinski definition) is 3. The molecule has 0 spiro atoms. The minimum Gasteiger partial charge on any atom is -0.370 e. The molecule has 0 aromatic carbocycles. The van der Waals surface area contributed by atoms with E-state index in [1.165, 1.54) is 37.0 Å². The van der Waals surface area contributed by atoms with Gasteiger partial charge in [0.05, 0.1) is 11.4 Å². The number of hydrogen-bond acceptors (Lipinski definition) is 4. The van der Waals surface area contributed by atoms with Gasteiger partial charge in [0, 0.05) is 22.3 Å². The van der Waals surface area contributed by atoms with E-state index in [2.05, 4.69) is 15.0 Å². The predicted octanol–water partition coefficient (Wildman–Crippen LogP) is 2.89. The van der Waals surface area contributed by atoms with Gasteiger partial charge in [-0.15, -0.1) is 35.3 Å². The van der Waals surface area contributed by atoms with E-state index in [4.69, 9.17) is 5.73 Å². The van der Waals surface area contributed by atoms with Gasteiger partial charge in [-0.3, -0.25) is 4.99 Å². The molecule has 1 aromatic rings. The molecule has 1 fully saturated rings. The zero-order valence-electron chi connectivity index (χ0n) is 14.9. The Bertz CT molecular complexity index is 666. The molecule has 0 atom stereocenters. The fourth-order valence-electron chi connectivity index (χ4n) is 2.99. The zero-order valence-corrected chi connectivity index (χ0v) is 18.8. The van der Waals surface area contributed by atoms with E-state index < -0.39 is 10.0 Å². The number of nitrogens with two attached hydrogens (primary N) is 1. The zero-order chi connectivity index (χ0) is 17.6. The van der Waals surface area contributed by atoms with E-state index in [9.17, 15) is 8.42 Å². The Hall–Kier alpha value is -0.390. The largest absolute Gasteiger partial charge is 0.370 e. The Morgan fingerprint density at radius 1 is 1.28 bits per heavy atom. The van der Waals surface area contributed by atoms with Crippen molar-refractivity contribution in [3.63, 3.8) is 0 Å². The van der Waals surface area contributed by atoms with Gasteiger partial charge >= 0.3 is 0 Å². The van der Waals surface area contributed by atoms with Gasteiger partial charge in [-0.1, -0.05) is 25.7 Å². The third kappa shape index (κ3) is 7.40. The summed E-state index contributed by atoms with van der Waals surface area (Å²) in [6.45, 7) is 4.29. The lowest BCUT2D eigenvalue weighted by atomic mass is 10.1. The minimum atomic E-state index is -3.47. The lowest BCUT2D eigenvalue weighted by Crippen LogP contribution is -2.40. The third-order valence-corrected chi connectivity index (χ3v) is 6.86. The quantitative estimate of drug-likeness (QED) is 0.184. The van der Waals surface area contributed by atoms with E-state index in [-0.39, 0.29) is 30.5 Å². The molecule has 1 aliphatic rings. The lowest BCUT2D eigenvalue weighted by Gasteiger charge is -2.16. The highest BCUT2D eigenvalue weighted by molar-refractivity contribution is 14.0. The smallest absolute Gasteiger partial charge is 0.241 e. The normalized spacial score (nSPS) is 17.0. The molecular weight excluding hydrogens is 471 g/mol. The maximum Gasteiger partial charge on any atom is 0.241 e. The van der Waals surface area contributed by atoms with Crippen LogP contribution in [0.5, 0.6) is 0 Å². The Morgan fingerprint density at radius 3 is 2.48 bits per heavy atom. The lowest BCUT2D eigenvalue weighted by molar-refractivity contribution is 0.530. The molecule has 1 saturated carbocycles. The molecule has 144 valence electrons. The molecule has 6 nitrogen and oxygen atoms in total. The van der Waals surface area contributed by atoms with Gasteiger partial charge in [-0.2, -0.15) is 0 Å². The molecule has 0 radical (unpaired) electrons. The summed E-state index contributed by atoms with van der Waals surface area (Å²) in [5, 5.41) is 3.25. The summed E-state index contributed by atoms with van der Waals surface area (Å²) in [6, 6.07) is 2.09. The number of halogens is 1. The van der Waals surface area contributed by atoms with Crippen LogP contribution in [0.3, 0.4) is 0 Å². The Morgan fingerprint density at radius 2 is 1.92 bits per heavy atom. The molecule has 2 rings (SSSR count). The molecule has 0 saturated heterocycles. The number of nitrogens with zero attached hydrogens (tertiary/aromatic N) is 1. The van der Waals surface area contributed by atoms with Crippen molar-refractivity contribution >= 4 is 51.3 Å². The fourth-order valence-corrected chi connectivity index (χ4v) is 5.56. The van der Waals surface area contributed by atoms with Crippen molar-refractivity contribution in [3.05, 3.63) is 15.8 Å². The molecule has 0 aliphatic heterocycles. The van der Waals surface area contributed by atoms with Crippen LogP contribution in [0.2, 0.25) is 0 Å². The van der Waals surface area contributed by atoms with E-state index in [0.717, 1.165) is 22.6 Å². The van der Waals surface area contributed by atoms with E-state index in [1.54, 1.807) is 6.07 Å². The summed E-state index contributed by atoms with van der Waals surface area (Å²) in [5.74, 6) is 0.406. The summed E-state index contributed by atoms with van der Waals surface area (Å²) in [5.41, 5.74) is 5.91. The highest BCUT2D eigenvalue weighted by atomic mass is 127. The number of rotatable bonds is 6. The first-order valence-electron chi connectivity index (χ1n) is 8.51. The van der Waals surface area contributed by atoms with E-state index in [1.807, 2.05) is 13.8 Å². The van der Waals surface area contributed by atoms with Crippen LogP contribution >= 0.6 is 35.3 Å². The maximum atomic E-state index is 12.3. The van der Waals surface area contributed by atoms with E-state index >= 15 is 0 Å². The van der Waals surface area contributed by atoms with Crippen molar-refractivity contribution < 1.29 is 8.42 Å². The number of nitrogens with one attached hydrogen (secondary N) is 2. The van der Waals surface area contributed by atoms with Crippen molar-refractivity contribution in [2.24, 2.45) is 10.7 Å². The second kappa shape index (κ2) is 10.7. The third-order valence-electron chi connectivity index (χ3n) is 4.18. The first kappa shape index (κ1) is 22.7. The highest BCUT2D eigenvalue weighted by Crippen LogP contribution is 2.24. The van der Waals surface area contributed by atoms with Crippen LogP contribution in [-0.4, -0.2) is 33.5 Å². The molecule has 0 bridgehead atoms. The first-order valence-corrected chi connectivity index (χ1v) is 10.8. The standard InChI is InChI=1S/C16H28N4O2S2.HI/c1-12-11-15(13(2)23-12)24(21,22)19-10-9-18-16(17)20-14-7-5-3-4-6-8-14;/h11,14,19H,3-10H2,1-2H3,(H3,17,18,20);1H. The van der Waals surface area contributed by atoms with Crippen molar-refractivity contribution in [1.29, 1.82) is 0 Å². The summed E-state index contributed by atoms with van der Waals surface area (Å²) in [6.07, 6.45) is 7.28. The van der Waals surface area contributed by atoms with Gasteiger partial charge in [0.25, 0.3) is 0 Å². The average molecular weight is 500 g/mol. The molecule has 0 unspecified atom stereocenters. The summed E-state index contributed by atoms with van der Waals surface area (Å²) >= 11 is 1.48. The molecule has 25 heavy (non-hydrogen) atoms. The minimum absolute atomic E-state index is 0. The number of aryl methyl sites for hydroxylation is 2. The molecule has 1 heterocycles. The van der Waals surface area contributed by atoms with Crippen LogP contribution < -0.4 is 15.8 Å². The molecule has 1 aliphatic carbocycles. The molecule has 4 N–H and O–H groups in total. The predicted molar refractivity (Wildman–Crippen MR) is 116 cm³/mol.